The van der Waals surface area contributed by atoms with Crippen molar-refractivity contribution in [2.45, 2.75) is 59.0 Å². The zero-order chi connectivity index (χ0) is 29.7. The Hall–Kier alpha value is -4.24. The average Bonchev–Trinajstić information content (AvgIpc) is 3.59. The molecule has 5 rings (SSSR count). The maximum absolute atomic E-state index is 13.2. The van der Waals surface area contributed by atoms with Crippen molar-refractivity contribution < 1.29 is 23.8 Å². The van der Waals surface area contributed by atoms with E-state index in [9.17, 15) is 9.59 Å². The van der Waals surface area contributed by atoms with Crippen molar-refractivity contribution in [3.8, 4) is 17.4 Å². The number of benzene rings is 2. The summed E-state index contributed by atoms with van der Waals surface area (Å²) in [4.78, 5) is 32.3. The summed E-state index contributed by atoms with van der Waals surface area (Å²) in [6.45, 7) is 11.2. The largest absolute Gasteiger partial charge is 0.492 e. The number of Topliss-reactive ketones (excluding diaryl/α,β-unsaturated/α-hetero) is 1. The molecule has 9 nitrogen and oxygen atoms in total. The number of hydrogen-bond donors (Lipinski definition) is 0. The van der Waals surface area contributed by atoms with Gasteiger partial charge in [0.25, 0.3) is 0 Å². The van der Waals surface area contributed by atoms with Gasteiger partial charge in [-0.25, -0.2) is 9.50 Å². The van der Waals surface area contributed by atoms with Crippen molar-refractivity contribution >= 4 is 17.4 Å². The maximum atomic E-state index is 13.2. The fraction of sp³-hybridized carbons (Fsp3) is 0.394. The highest BCUT2D eigenvalue weighted by Crippen LogP contribution is 2.25. The van der Waals surface area contributed by atoms with Gasteiger partial charge in [0.05, 0.1) is 18.3 Å². The molecular weight excluding hydrogens is 532 g/mol. The summed E-state index contributed by atoms with van der Waals surface area (Å²) in [6, 6.07) is 16.6. The molecule has 2 aromatic carbocycles. The topological polar surface area (TPSA) is 95.3 Å². The van der Waals surface area contributed by atoms with Crippen LogP contribution in [0.2, 0.25) is 0 Å². The van der Waals surface area contributed by atoms with E-state index in [0.717, 1.165) is 30.8 Å². The third-order valence-electron chi connectivity index (χ3n) is 7.02. The number of likely N-dealkylation sites (tertiary alicyclic amines) is 1. The Morgan fingerprint density at radius 1 is 0.952 bits per heavy atom. The van der Waals surface area contributed by atoms with Crippen LogP contribution in [-0.4, -0.2) is 63.1 Å². The number of aryl methyl sites for hydroxylation is 1. The third-order valence-corrected chi connectivity index (χ3v) is 7.02. The minimum atomic E-state index is -0.557. The quantitative estimate of drug-likeness (QED) is 0.170. The fourth-order valence-corrected chi connectivity index (χ4v) is 4.93. The van der Waals surface area contributed by atoms with Crippen LogP contribution in [0.5, 0.6) is 17.4 Å². The lowest BCUT2D eigenvalue weighted by Gasteiger charge is -2.18. The predicted molar refractivity (Wildman–Crippen MR) is 159 cm³/mol. The molecule has 4 aromatic rings. The van der Waals surface area contributed by atoms with Crippen LogP contribution in [0.1, 0.15) is 60.8 Å². The normalized spacial score (nSPS) is 13.8. The Balaban J connectivity index is 1.22. The van der Waals surface area contributed by atoms with Crippen molar-refractivity contribution in [2.24, 2.45) is 0 Å². The Kier molecular flexibility index (Phi) is 8.87. The molecule has 220 valence electrons. The minimum Gasteiger partial charge on any atom is -0.492 e. The van der Waals surface area contributed by atoms with Gasteiger partial charge in [0.1, 0.15) is 23.7 Å². The second kappa shape index (κ2) is 12.7. The standard InChI is InChI=1S/C33H38N4O5/c1-23-10-11-28(41-31-13-12-30-34-26(22-37(30)35-31)21-32(39)42-33(2,3)4)19-25(23)20-29(38)24-8-7-9-27(18-24)40-17-16-36-14-5-6-15-36/h7-13,18-19,22H,5-6,14-17,20-21H2,1-4H3. The highest BCUT2D eigenvalue weighted by molar-refractivity contribution is 5.98. The molecule has 9 heteroatoms. The number of imidazole rings is 1. The van der Waals surface area contributed by atoms with Crippen molar-refractivity contribution in [2.75, 3.05) is 26.2 Å². The van der Waals surface area contributed by atoms with Crippen LogP contribution in [0.4, 0.5) is 0 Å². The molecule has 42 heavy (non-hydrogen) atoms. The number of hydrogen-bond acceptors (Lipinski definition) is 8. The molecule has 1 saturated heterocycles. The van der Waals surface area contributed by atoms with Crippen LogP contribution < -0.4 is 9.47 Å². The first-order valence-corrected chi connectivity index (χ1v) is 14.4. The molecule has 1 aliphatic heterocycles. The van der Waals surface area contributed by atoms with Gasteiger partial charge in [0, 0.05) is 24.6 Å². The van der Waals surface area contributed by atoms with Gasteiger partial charge < -0.3 is 14.2 Å². The SMILES string of the molecule is Cc1ccc(Oc2ccc3nc(CC(=O)OC(C)(C)C)cn3n2)cc1CC(=O)c1cccc(OCCN2CCCC2)c1. The van der Waals surface area contributed by atoms with Gasteiger partial charge in [-0.15, -0.1) is 5.10 Å². The van der Waals surface area contributed by atoms with Crippen LogP contribution in [0.25, 0.3) is 5.65 Å². The number of rotatable bonds is 11. The van der Waals surface area contributed by atoms with Crippen molar-refractivity contribution in [3.63, 3.8) is 0 Å². The van der Waals surface area contributed by atoms with E-state index in [4.69, 9.17) is 14.2 Å². The lowest BCUT2D eigenvalue weighted by molar-refractivity contribution is -0.153. The first kappa shape index (κ1) is 29.3. The summed E-state index contributed by atoms with van der Waals surface area (Å²) in [6.07, 6.45) is 4.49. The molecule has 0 saturated carbocycles. The highest BCUT2D eigenvalue weighted by atomic mass is 16.6. The van der Waals surface area contributed by atoms with Gasteiger partial charge in [-0.3, -0.25) is 14.5 Å². The molecule has 0 radical (unpaired) electrons. The van der Waals surface area contributed by atoms with Gasteiger partial charge in [0.15, 0.2) is 11.4 Å². The van der Waals surface area contributed by atoms with E-state index < -0.39 is 5.60 Å². The lowest BCUT2D eigenvalue weighted by atomic mass is 9.99. The molecular formula is C33H38N4O5. The summed E-state index contributed by atoms with van der Waals surface area (Å²) >= 11 is 0. The average molecular weight is 571 g/mol. The number of ether oxygens (including phenoxy) is 3. The van der Waals surface area contributed by atoms with E-state index in [1.165, 1.54) is 12.8 Å². The fourth-order valence-electron chi connectivity index (χ4n) is 4.93. The van der Waals surface area contributed by atoms with E-state index in [2.05, 4.69) is 15.0 Å². The summed E-state index contributed by atoms with van der Waals surface area (Å²) < 4.78 is 19.0. The molecule has 0 amide bonds. The number of aromatic nitrogens is 3. The predicted octanol–water partition coefficient (Wildman–Crippen LogP) is 5.61. The Morgan fingerprint density at radius 2 is 1.76 bits per heavy atom. The van der Waals surface area contributed by atoms with Gasteiger partial charge >= 0.3 is 5.97 Å². The second-order valence-electron chi connectivity index (χ2n) is 11.7. The first-order valence-electron chi connectivity index (χ1n) is 14.4. The summed E-state index contributed by atoms with van der Waals surface area (Å²) in [7, 11) is 0. The minimum absolute atomic E-state index is 0.00993. The van der Waals surface area contributed by atoms with E-state index in [-0.39, 0.29) is 24.6 Å². The monoisotopic (exact) mass is 570 g/mol. The highest BCUT2D eigenvalue weighted by Gasteiger charge is 2.18. The number of carbonyl (C=O) groups excluding carboxylic acids is 2. The van der Waals surface area contributed by atoms with Crippen molar-refractivity contribution in [3.05, 3.63) is 83.2 Å². The zero-order valence-electron chi connectivity index (χ0n) is 24.8. The Bertz CT molecular complexity index is 1570. The molecule has 0 unspecified atom stereocenters. The van der Waals surface area contributed by atoms with Gasteiger partial charge in [-0.05, 0) is 95.1 Å². The summed E-state index contributed by atoms with van der Waals surface area (Å²) in [5.74, 6) is 1.31. The van der Waals surface area contributed by atoms with Crippen LogP contribution in [0.3, 0.4) is 0 Å². The molecule has 1 aliphatic rings. The smallest absolute Gasteiger partial charge is 0.312 e. The lowest BCUT2D eigenvalue weighted by Crippen LogP contribution is -2.25. The molecule has 0 N–H and O–H groups in total. The van der Waals surface area contributed by atoms with Crippen LogP contribution in [0, 0.1) is 6.92 Å². The second-order valence-corrected chi connectivity index (χ2v) is 11.7. The molecule has 0 bridgehead atoms. The van der Waals surface area contributed by atoms with E-state index in [1.54, 1.807) is 22.8 Å². The Labute approximate surface area is 246 Å². The molecule has 0 atom stereocenters. The van der Waals surface area contributed by atoms with E-state index in [0.29, 0.717) is 40.9 Å². The number of fused-ring (bicyclic) bond motifs is 1. The molecule has 1 fully saturated rings. The maximum Gasteiger partial charge on any atom is 0.312 e. The summed E-state index contributed by atoms with van der Waals surface area (Å²) in [5, 5.41) is 4.49. The van der Waals surface area contributed by atoms with Crippen LogP contribution in [-0.2, 0) is 22.4 Å². The number of ketones is 1. The van der Waals surface area contributed by atoms with Gasteiger partial charge in [-0.1, -0.05) is 18.2 Å². The molecule has 0 spiro atoms. The van der Waals surface area contributed by atoms with Gasteiger partial charge in [-0.2, -0.15) is 0 Å². The first-order chi connectivity index (χ1) is 20.1. The molecule has 2 aromatic heterocycles. The van der Waals surface area contributed by atoms with Gasteiger partial charge in [0.2, 0.25) is 5.88 Å². The van der Waals surface area contributed by atoms with Crippen LogP contribution in [0.15, 0.2) is 60.8 Å². The number of nitrogens with zero attached hydrogens (tertiary/aromatic N) is 4. The van der Waals surface area contributed by atoms with Crippen LogP contribution >= 0.6 is 0 Å². The third kappa shape index (κ3) is 7.94. The molecule has 3 heterocycles. The van der Waals surface area contributed by atoms with E-state index >= 15 is 0 Å². The van der Waals surface area contributed by atoms with Crippen molar-refractivity contribution in [1.82, 2.24) is 19.5 Å². The zero-order valence-corrected chi connectivity index (χ0v) is 24.8. The number of carbonyl (C=O) groups is 2. The summed E-state index contributed by atoms with van der Waals surface area (Å²) in [5.41, 5.74) is 3.09. The molecule has 0 aliphatic carbocycles. The van der Waals surface area contributed by atoms with Crippen molar-refractivity contribution in [1.29, 1.82) is 0 Å². The Morgan fingerprint density at radius 3 is 2.55 bits per heavy atom. The van der Waals surface area contributed by atoms with E-state index in [1.807, 2.05) is 70.2 Å². The number of esters is 1.